The van der Waals surface area contributed by atoms with Crippen molar-refractivity contribution >= 4 is 56.5 Å². The van der Waals surface area contributed by atoms with E-state index < -0.39 is 35.7 Å². The summed E-state index contributed by atoms with van der Waals surface area (Å²) >= 11 is 0. The fourth-order valence-corrected chi connectivity index (χ4v) is 7.95. The zero-order chi connectivity index (χ0) is 38.7. The van der Waals surface area contributed by atoms with Gasteiger partial charge in [0.15, 0.2) is 18.0 Å². The van der Waals surface area contributed by atoms with Crippen LogP contribution in [-0.4, -0.2) is 56.6 Å². The number of hydrogen-bond acceptors (Lipinski definition) is 5. The molecule has 0 bridgehead atoms. The number of nitrogens with zero attached hydrogens (tertiary/aromatic N) is 2. The second-order valence-electron chi connectivity index (χ2n) is 14.0. The fraction of sp³-hybridized carbons (Fsp3) is 0.174. The minimum Gasteiger partial charge on any atom is -0.481 e. The van der Waals surface area contributed by atoms with Crippen LogP contribution in [0.2, 0.25) is 0 Å². The molecule has 7 rings (SSSR count). The van der Waals surface area contributed by atoms with Gasteiger partial charge in [-0.2, -0.15) is 4.58 Å². The van der Waals surface area contributed by atoms with Crippen molar-refractivity contribution in [2.24, 2.45) is 5.92 Å². The number of carbonyl (C=O) groups is 3. The Bertz CT molecular complexity index is 2480. The quantitative estimate of drug-likeness (QED) is 0.0447. The highest BCUT2D eigenvalue weighted by Crippen LogP contribution is 2.50. The number of rotatable bonds is 14. The van der Waals surface area contributed by atoms with Crippen LogP contribution in [0.15, 0.2) is 146 Å². The Hall–Kier alpha value is -6.74. The van der Waals surface area contributed by atoms with E-state index in [9.17, 15) is 29.7 Å². The van der Waals surface area contributed by atoms with Gasteiger partial charge in [0.2, 0.25) is 11.6 Å². The van der Waals surface area contributed by atoms with E-state index in [1.54, 1.807) is 17.1 Å². The molecule has 5 aromatic rings. The third-order valence-corrected chi connectivity index (χ3v) is 10.4. The summed E-state index contributed by atoms with van der Waals surface area (Å²) in [6.07, 6.45) is 11.2. The molecule has 2 unspecified atom stereocenters. The van der Waals surface area contributed by atoms with E-state index in [-0.39, 0.29) is 19.5 Å². The Morgan fingerprint density at radius 1 is 0.818 bits per heavy atom. The summed E-state index contributed by atoms with van der Waals surface area (Å²) in [6.45, 7) is 6.45. The van der Waals surface area contributed by atoms with Gasteiger partial charge in [0.25, 0.3) is 0 Å². The van der Waals surface area contributed by atoms with Crippen LogP contribution in [0, 0.1) is 5.92 Å². The number of ether oxygens (including phenoxy) is 1. The van der Waals surface area contributed by atoms with Gasteiger partial charge in [0.05, 0.1) is 28.8 Å². The average Bonchev–Trinajstić information content (AvgIpc) is 3.64. The minimum absolute atomic E-state index is 0.0526. The summed E-state index contributed by atoms with van der Waals surface area (Å²) in [5.41, 5.74) is 5.07. The Morgan fingerprint density at radius 2 is 1.49 bits per heavy atom. The van der Waals surface area contributed by atoms with Crippen LogP contribution < -0.4 is 9.64 Å². The third-order valence-electron chi connectivity index (χ3n) is 10.4. The van der Waals surface area contributed by atoms with E-state index in [4.69, 9.17) is 4.74 Å². The average molecular weight is 734 g/mol. The molecule has 0 aliphatic carbocycles. The van der Waals surface area contributed by atoms with Crippen LogP contribution in [0.3, 0.4) is 0 Å². The predicted octanol–water partition coefficient (Wildman–Crippen LogP) is 9.10. The molecule has 0 fully saturated rings. The first-order valence-electron chi connectivity index (χ1n) is 18.2. The maximum absolute atomic E-state index is 12.2. The molecular weight excluding hydrogens is 693 g/mol. The molecule has 55 heavy (non-hydrogen) atoms. The Morgan fingerprint density at radius 3 is 2.16 bits per heavy atom. The molecule has 0 saturated heterocycles. The van der Waals surface area contributed by atoms with Crippen molar-refractivity contribution in [1.29, 1.82) is 0 Å². The first kappa shape index (κ1) is 36.6. The van der Waals surface area contributed by atoms with Gasteiger partial charge < -0.3 is 25.0 Å². The molecule has 2 aliphatic heterocycles. The van der Waals surface area contributed by atoms with Gasteiger partial charge in [0.1, 0.15) is 6.42 Å². The molecule has 0 saturated carbocycles. The van der Waals surface area contributed by atoms with Gasteiger partial charge in [0, 0.05) is 18.2 Å². The summed E-state index contributed by atoms with van der Waals surface area (Å²) in [6, 6.07) is 32.0. The largest absolute Gasteiger partial charge is 0.481 e. The summed E-state index contributed by atoms with van der Waals surface area (Å²) in [7, 11) is 0. The lowest BCUT2D eigenvalue weighted by atomic mass is 9.74. The third kappa shape index (κ3) is 7.04. The van der Waals surface area contributed by atoms with Gasteiger partial charge in [-0.05, 0) is 64.9 Å². The highest BCUT2D eigenvalue weighted by Gasteiger charge is 2.49. The number of benzene rings is 5. The van der Waals surface area contributed by atoms with Crippen LogP contribution in [0.5, 0.6) is 5.75 Å². The van der Waals surface area contributed by atoms with Crippen molar-refractivity contribution in [1.82, 2.24) is 0 Å². The molecule has 9 heteroatoms. The van der Waals surface area contributed by atoms with Crippen molar-refractivity contribution < 1.29 is 39.0 Å². The van der Waals surface area contributed by atoms with Gasteiger partial charge in [-0.1, -0.05) is 103 Å². The van der Waals surface area contributed by atoms with Gasteiger partial charge in [-0.15, -0.1) is 6.58 Å². The smallest absolute Gasteiger partial charge is 0.309 e. The first-order valence-corrected chi connectivity index (χ1v) is 18.2. The van der Waals surface area contributed by atoms with Crippen molar-refractivity contribution in [2.45, 2.75) is 31.6 Å². The number of carboxylic acids is 3. The number of carboxylic acid groups (broad SMARTS) is 3. The highest BCUT2D eigenvalue weighted by atomic mass is 16.5. The Kier molecular flexibility index (Phi) is 10.2. The van der Waals surface area contributed by atoms with E-state index in [1.807, 2.05) is 97.1 Å². The predicted molar refractivity (Wildman–Crippen MR) is 215 cm³/mol. The van der Waals surface area contributed by atoms with Crippen LogP contribution >= 0.6 is 0 Å². The second-order valence-corrected chi connectivity index (χ2v) is 14.0. The van der Waals surface area contributed by atoms with E-state index in [1.165, 1.54) is 0 Å². The summed E-state index contributed by atoms with van der Waals surface area (Å²) < 4.78 is 8.37. The van der Waals surface area contributed by atoms with Crippen molar-refractivity contribution in [3.63, 3.8) is 0 Å². The summed E-state index contributed by atoms with van der Waals surface area (Å²) in [5, 5.41) is 33.6. The monoisotopic (exact) mass is 733 g/mol. The minimum atomic E-state index is -1.21. The maximum atomic E-state index is 12.2. The number of allylic oxidation sites excluding steroid dienone is 6. The summed E-state index contributed by atoms with van der Waals surface area (Å²) in [5.74, 6) is -3.59. The van der Waals surface area contributed by atoms with Gasteiger partial charge in [-0.3, -0.25) is 14.4 Å². The van der Waals surface area contributed by atoms with E-state index in [0.717, 1.165) is 49.6 Å². The molecule has 0 amide bonds. The Labute approximate surface area is 318 Å². The number of fused-ring (bicyclic) bond motifs is 7. The van der Waals surface area contributed by atoms with Gasteiger partial charge in [-0.25, -0.2) is 0 Å². The SMILES string of the molecule is C=CCC1(C)C(/C=C/C=C/C=C2/Oc3ccc(-c4ccccc4)cc3N2CC(CC(=O)O)C(=O)O)=[N+](CCC(=O)O)c2c1c1ccccc1c1ccccc21. The normalized spacial score (nSPS) is 17.6. The lowest BCUT2D eigenvalue weighted by Crippen LogP contribution is -2.33. The van der Waals surface area contributed by atoms with Crippen LogP contribution in [0.1, 0.15) is 31.7 Å². The van der Waals surface area contributed by atoms with E-state index in [0.29, 0.717) is 23.7 Å². The molecule has 0 aromatic heterocycles. The van der Waals surface area contributed by atoms with Crippen LogP contribution in [0.4, 0.5) is 11.4 Å². The zero-order valence-electron chi connectivity index (χ0n) is 30.4. The molecular formula is C46H41N2O7+. The maximum Gasteiger partial charge on any atom is 0.309 e. The molecule has 2 aliphatic rings. The molecule has 0 spiro atoms. The van der Waals surface area contributed by atoms with Crippen molar-refractivity contribution in [3.05, 3.63) is 152 Å². The van der Waals surface area contributed by atoms with Crippen molar-refractivity contribution in [2.75, 3.05) is 18.0 Å². The second kappa shape index (κ2) is 15.3. The zero-order valence-corrected chi connectivity index (χ0v) is 30.4. The van der Waals surface area contributed by atoms with Gasteiger partial charge >= 0.3 is 17.9 Å². The molecule has 3 N–H and O–H groups in total. The number of hydrogen-bond donors (Lipinski definition) is 3. The molecule has 2 atom stereocenters. The molecule has 9 nitrogen and oxygen atoms in total. The lowest BCUT2D eigenvalue weighted by molar-refractivity contribution is -0.435. The highest BCUT2D eigenvalue weighted by molar-refractivity contribution is 6.19. The molecule has 5 aromatic carbocycles. The molecule has 2 heterocycles. The van der Waals surface area contributed by atoms with E-state index in [2.05, 4.69) is 42.3 Å². The molecule has 276 valence electrons. The first-order chi connectivity index (χ1) is 26.6. The number of aliphatic carboxylic acids is 3. The van der Waals surface area contributed by atoms with Crippen LogP contribution in [-0.2, 0) is 19.8 Å². The Balaban J connectivity index is 1.28. The topological polar surface area (TPSA) is 127 Å². The van der Waals surface area contributed by atoms with Crippen molar-refractivity contribution in [3.8, 4) is 16.9 Å². The standard InChI is InChI=1S/C46H40N2O7/c1-3-25-46(2)39(47(26-24-41(49)50)44-36-19-13-11-17-34(36)33-16-10-12-18-35(33)43(44)46)20-8-5-9-21-40-48(29-32(45(53)54)28-42(51)52)37-27-31(22-23-38(37)55-40)30-14-6-4-7-15-30/h3-23,27,32H,1,24-26,28-29H2,2H3,(H2-,49,50,51,52,53,54)/p+1. The lowest BCUT2D eigenvalue weighted by Gasteiger charge is -2.22. The van der Waals surface area contributed by atoms with E-state index >= 15 is 0 Å². The summed E-state index contributed by atoms with van der Waals surface area (Å²) in [4.78, 5) is 37.4. The molecule has 0 radical (unpaired) electrons. The fourth-order valence-electron chi connectivity index (χ4n) is 7.95. The van der Waals surface area contributed by atoms with Crippen LogP contribution in [0.25, 0.3) is 32.7 Å². The number of anilines is 1.